The molecule has 0 radical (unpaired) electrons. The number of carbonyl (C=O) groups is 2. The number of benzene rings is 2. The van der Waals surface area contributed by atoms with Gasteiger partial charge in [0.1, 0.15) is 17.1 Å². The normalized spacial score (nSPS) is 16.4. The van der Waals surface area contributed by atoms with Crippen molar-refractivity contribution >= 4 is 51.3 Å². The van der Waals surface area contributed by atoms with Gasteiger partial charge in [-0.2, -0.15) is 0 Å². The molecule has 1 saturated heterocycles. The van der Waals surface area contributed by atoms with Crippen LogP contribution < -0.4 is 9.64 Å². The van der Waals surface area contributed by atoms with Gasteiger partial charge in [-0.25, -0.2) is 4.98 Å². The molecule has 2 aromatic carbocycles. The number of hydrogen-bond acceptors (Lipinski definition) is 9. The molecule has 1 aliphatic heterocycles. The highest BCUT2D eigenvalue weighted by Gasteiger charge is 2.49. The molecule has 11 heteroatoms. The van der Waals surface area contributed by atoms with Crippen LogP contribution in [0.3, 0.4) is 0 Å². The molecule has 43 heavy (non-hydrogen) atoms. The largest absolute Gasteiger partial charge is 0.505 e. The lowest BCUT2D eigenvalue weighted by atomic mass is 9.96. The fourth-order valence-corrected chi connectivity index (χ4v) is 6.94. The molecule has 1 unspecified atom stereocenters. The Morgan fingerprint density at radius 1 is 1.02 bits per heavy atom. The van der Waals surface area contributed by atoms with Crippen molar-refractivity contribution in [3.63, 3.8) is 0 Å². The minimum atomic E-state index is -0.941. The van der Waals surface area contributed by atoms with Crippen molar-refractivity contribution in [2.45, 2.75) is 43.8 Å². The number of Topliss-reactive ketones (excluding diaryl/α,β-unsaturated/α-hetero) is 1. The molecule has 0 aliphatic carbocycles. The Kier molecular flexibility index (Phi) is 7.76. The van der Waals surface area contributed by atoms with E-state index in [1.807, 2.05) is 50.4 Å². The molecule has 5 aromatic rings. The number of nitrogens with zero attached hydrogens (tertiary/aromatic N) is 5. The summed E-state index contributed by atoms with van der Waals surface area (Å²) in [6.07, 6.45) is 1.85. The standard InChI is InChI=1S/C32H29N5O4S2/c1-5-41-23-14-12-22(13-15-23)26-24(27(38)25-20(4)36-16-6-7-19(3)29(36)33-25)28(39)30(40)37(26)31-34-35-32(43-31)42-17-21-10-8-18(2)9-11-21/h6-16,26,38H,5,17H2,1-4H3/b27-24+. The summed E-state index contributed by atoms with van der Waals surface area (Å²) in [5.41, 5.74) is 5.36. The second-order valence-corrected chi connectivity index (χ2v) is 12.4. The molecule has 4 heterocycles. The third-order valence-electron chi connectivity index (χ3n) is 7.34. The van der Waals surface area contributed by atoms with Gasteiger partial charge in [-0.05, 0) is 62.6 Å². The molecule has 1 aliphatic rings. The monoisotopic (exact) mass is 611 g/mol. The number of ketones is 1. The van der Waals surface area contributed by atoms with Crippen LogP contribution in [0.5, 0.6) is 5.75 Å². The SMILES string of the molecule is CCOc1ccc(C2/C(=C(\O)c3nc4c(C)cccn4c3C)C(=O)C(=O)N2c2nnc(SCc3ccc(C)cc3)s2)cc1. The zero-order chi connectivity index (χ0) is 30.2. The molecule has 3 aromatic heterocycles. The lowest BCUT2D eigenvalue weighted by Gasteiger charge is -2.22. The van der Waals surface area contributed by atoms with Crippen LogP contribution in [-0.2, 0) is 15.3 Å². The third kappa shape index (κ3) is 5.30. The van der Waals surface area contributed by atoms with Crippen molar-refractivity contribution in [1.29, 1.82) is 0 Å². The van der Waals surface area contributed by atoms with Crippen LogP contribution in [-0.4, -0.2) is 43.0 Å². The van der Waals surface area contributed by atoms with E-state index in [0.29, 0.717) is 39.4 Å². The number of amides is 1. The predicted octanol–water partition coefficient (Wildman–Crippen LogP) is 6.43. The van der Waals surface area contributed by atoms with Gasteiger partial charge in [-0.1, -0.05) is 71.1 Å². The maximum Gasteiger partial charge on any atom is 0.301 e. The van der Waals surface area contributed by atoms with Crippen LogP contribution >= 0.6 is 23.1 Å². The zero-order valence-electron chi connectivity index (χ0n) is 24.1. The minimum Gasteiger partial charge on any atom is -0.505 e. The Bertz CT molecular complexity index is 1880. The molecule has 9 nitrogen and oxygen atoms in total. The number of hydrogen-bond donors (Lipinski definition) is 1. The van der Waals surface area contributed by atoms with Crippen molar-refractivity contribution in [3.05, 3.63) is 106 Å². The number of carbonyl (C=O) groups excluding carboxylic acids is 2. The predicted molar refractivity (Wildman–Crippen MR) is 168 cm³/mol. The second-order valence-electron chi connectivity index (χ2n) is 10.2. The summed E-state index contributed by atoms with van der Waals surface area (Å²) in [6.45, 7) is 8.18. The Hall–Kier alpha value is -4.48. The number of aliphatic hydroxyl groups is 1. The van der Waals surface area contributed by atoms with E-state index in [1.165, 1.54) is 33.6 Å². The van der Waals surface area contributed by atoms with Crippen molar-refractivity contribution < 1.29 is 19.4 Å². The lowest BCUT2D eigenvalue weighted by molar-refractivity contribution is -0.132. The highest BCUT2D eigenvalue weighted by molar-refractivity contribution is 8.00. The molecule has 1 N–H and O–H groups in total. The molecule has 1 amide bonds. The number of thioether (sulfide) groups is 1. The van der Waals surface area contributed by atoms with E-state index in [0.717, 1.165) is 11.1 Å². The maximum absolute atomic E-state index is 13.7. The lowest BCUT2D eigenvalue weighted by Crippen LogP contribution is -2.29. The van der Waals surface area contributed by atoms with E-state index < -0.39 is 17.7 Å². The minimum absolute atomic E-state index is 0.0534. The summed E-state index contributed by atoms with van der Waals surface area (Å²) < 4.78 is 8.13. The maximum atomic E-state index is 13.7. The number of aliphatic hydroxyl groups excluding tert-OH is 1. The van der Waals surface area contributed by atoms with Gasteiger partial charge >= 0.3 is 5.91 Å². The van der Waals surface area contributed by atoms with Gasteiger partial charge < -0.3 is 14.2 Å². The molecule has 1 fully saturated rings. The van der Waals surface area contributed by atoms with E-state index in [2.05, 4.69) is 39.4 Å². The highest BCUT2D eigenvalue weighted by Crippen LogP contribution is 2.44. The Morgan fingerprint density at radius 3 is 2.47 bits per heavy atom. The van der Waals surface area contributed by atoms with Gasteiger partial charge in [-0.3, -0.25) is 14.5 Å². The third-order valence-corrected chi connectivity index (χ3v) is 9.47. The van der Waals surface area contributed by atoms with Crippen LogP contribution in [0.25, 0.3) is 11.4 Å². The van der Waals surface area contributed by atoms with Gasteiger partial charge in [0.2, 0.25) is 5.13 Å². The van der Waals surface area contributed by atoms with Crippen molar-refractivity contribution in [2.75, 3.05) is 11.5 Å². The number of ether oxygens (including phenoxy) is 1. The molecule has 6 rings (SSSR count). The van der Waals surface area contributed by atoms with E-state index in [9.17, 15) is 14.7 Å². The fraction of sp³-hybridized carbons (Fsp3) is 0.219. The Morgan fingerprint density at radius 2 is 1.77 bits per heavy atom. The first-order chi connectivity index (χ1) is 20.8. The average Bonchev–Trinajstić information content (AvgIpc) is 3.68. The molecule has 0 bridgehead atoms. The zero-order valence-corrected chi connectivity index (χ0v) is 25.7. The first kappa shape index (κ1) is 28.6. The van der Waals surface area contributed by atoms with E-state index in [-0.39, 0.29) is 22.2 Å². The fourth-order valence-electron chi connectivity index (χ4n) is 5.12. The van der Waals surface area contributed by atoms with Crippen molar-refractivity contribution in [1.82, 2.24) is 19.6 Å². The first-order valence-electron chi connectivity index (χ1n) is 13.8. The van der Waals surface area contributed by atoms with Crippen molar-refractivity contribution in [3.8, 4) is 5.75 Å². The van der Waals surface area contributed by atoms with Crippen LogP contribution in [0.15, 0.2) is 76.8 Å². The molecule has 0 saturated carbocycles. The van der Waals surface area contributed by atoms with Gasteiger partial charge in [0.05, 0.1) is 23.9 Å². The van der Waals surface area contributed by atoms with Crippen LogP contribution in [0.4, 0.5) is 5.13 Å². The molecule has 218 valence electrons. The summed E-state index contributed by atoms with van der Waals surface area (Å²) in [4.78, 5) is 33.3. The molecule has 0 spiro atoms. The highest BCUT2D eigenvalue weighted by atomic mass is 32.2. The Labute approximate surface area is 256 Å². The number of anilines is 1. The van der Waals surface area contributed by atoms with Crippen molar-refractivity contribution in [2.24, 2.45) is 0 Å². The van der Waals surface area contributed by atoms with E-state index >= 15 is 0 Å². The van der Waals surface area contributed by atoms with Gasteiger partial charge in [0.25, 0.3) is 5.78 Å². The van der Waals surface area contributed by atoms with Crippen LogP contribution in [0, 0.1) is 20.8 Å². The second kappa shape index (κ2) is 11.7. The van der Waals surface area contributed by atoms with E-state index in [4.69, 9.17) is 4.74 Å². The number of pyridine rings is 1. The Balaban J connectivity index is 1.43. The number of aromatic nitrogens is 4. The molecular weight excluding hydrogens is 583 g/mol. The summed E-state index contributed by atoms with van der Waals surface area (Å²) in [6, 6.07) is 18.3. The average molecular weight is 612 g/mol. The molecule has 1 atom stereocenters. The van der Waals surface area contributed by atoms with E-state index in [1.54, 1.807) is 24.3 Å². The summed E-state index contributed by atoms with van der Waals surface area (Å²) >= 11 is 2.74. The summed E-state index contributed by atoms with van der Waals surface area (Å²) in [5, 5.41) is 20.6. The summed E-state index contributed by atoms with van der Waals surface area (Å²) in [7, 11) is 0. The topological polar surface area (TPSA) is 110 Å². The quantitative estimate of drug-likeness (QED) is 0.0703. The summed E-state index contributed by atoms with van der Waals surface area (Å²) in [5.74, 6) is -0.597. The number of rotatable bonds is 8. The van der Waals surface area contributed by atoms with Crippen LogP contribution in [0.2, 0.25) is 0 Å². The van der Waals surface area contributed by atoms with Gasteiger partial charge in [-0.15, -0.1) is 10.2 Å². The smallest absolute Gasteiger partial charge is 0.301 e. The first-order valence-corrected chi connectivity index (χ1v) is 15.6. The van der Waals surface area contributed by atoms with Gasteiger partial charge in [0, 0.05) is 11.9 Å². The van der Waals surface area contributed by atoms with Crippen LogP contribution in [0.1, 0.15) is 46.6 Å². The number of aryl methyl sites for hydroxylation is 3. The number of fused-ring (bicyclic) bond motifs is 1. The molecular formula is C32H29N5O4S2. The number of imidazole rings is 1. The van der Waals surface area contributed by atoms with Gasteiger partial charge in [0.15, 0.2) is 10.1 Å².